The first-order chi connectivity index (χ1) is 8.54. The smallest absolute Gasteiger partial charge is 0.229 e. The number of aliphatic imine (C=N–C) groups is 1. The summed E-state index contributed by atoms with van der Waals surface area (Å²) in [5.74, 6) is 0.158. The minimum Gasteiger partial charge on any atom is -0.370 e. The van der Waals surface area contributed by atoms with Crippen molar-refractivity contribution in [2.45, 2.75) is 45.6 Å². The van der Waals surface area contributed by atoms with Gasteiger partial charge in [0.15, 0.2) is 5.96 Å². The summed E-state index contributed by atoms with van der Waals surface area (Å²) in [7, 11) is 0. The largest absolute Gasteiger partial charge is 0.370 e. The standard InChI is InChI=1S/C12H22N4O2/c1-3-9(2)15-12(13)14-7-8-16-10(17)5-4-6-11(16)18/h9H,3-8H2,1-2H3,(H3,13,14,15). The molecule has 1 aliphatic heterocycles. The molecule has 6 heteroatoms. The second-order valence-corrected chi connectivity index (χ2v) is 4.51. The highest BCUT2D eigenvalue weighted by Crippen LogP contribution is 2.11. The van der Waals surface area contributed by atoms with Gasteiger partial charge in [0.25, 0.3) is 0 Å². The molecule has 0 spiro atoms. The third-order valence-corrected chi connectivity index (χ3v) is 3.00. The molecular formula is C12H22N4O2. The van der Waals surface area contributed by atoms with E-state index in [9.17, 15) is 9.59 Å². The van der Waals surface area contributed by atoms with Gasteiger partial charge in [-0.05, 0) is 19.8 Å². The number of guanidine groups is 1. The monoisotopic (exact) mass is 254 g/mol. The molecule has 0 radical (unpaired) electrons. The minimum atomic E-state index is -0.102. The fraction of sp³-hybridized carbons (Fsp3) is 0.750. The first kappa shape index (κ1) is 14.5. The molecule has 18 heavy (non-hydrogen) atoms. The van der Waals surface area contributed by atoms with E-state index in [-0.39, 0.29) is 17.9 Å². The number of nitrogens with zero attached hydrogens (tertiary/aromatic N) is 2. The second kappa shape index (κ2) is 6.98. The van der Waals surface area contributed by atoms with Crippen molar-refractivity contribution < 1.29 is 9.59 Å². The van der Waals surface area contributed by atoms with E-state index in [2.05, 4.69) is 17.2 Å². The maximum atomic E-state index is 11.5. The molecule has 0 aromatic heterocycles. The molecule has 1 fully saturated rings. The van der Waals surface area contributed by atoms with Gasteiger partial charge in [0.1, 0.15) is 0 Å². The predicted octanol–water partition coefficient (Wildman–Crippen LogP) is 0.228. The average Bonchev–Trinajstić information content (AvgIpc) is 2.32. The van der Waals surface area contributed by atoms with E-state index in [1.807, 2.05) is 6.92 Å². The number of likely N-dealkylation sites (tertiary alicyclic amines) is 1. The number of carbonyl (C=O) groups excluding carboxylic acids is 2. The van der Waals surface area contributed by atoms with Crippen molar-refractivity contribution in [1.29, 1.82) is 0 Å². The number of imide groups is 1. The zero-order valence-corrected chi connectivity index (χ0v) is 11.1. The zero-order valence-electron chi connectivity index (χ0n) is 11.1. The van der Waals surface area contributed by atoms with Crippen LogP contribution in [0.2, 0.25) is 0 Å². The van der Waals surface area contributed by atoms with E-state index in [1.165, 1.54) is 4.90 Å². The van der Waals surface area contributed by atoms with E-state index in [0.717, 1.165) is 6.42 Å². The van der Waals surface area contributed by atoms with Crippen molar-refractivity contribution in [2.24, 2.45) is 10.7 Å². The molecule has 0 saturated carbocycles. The Hall–Kier alpha value is -1.59. The Kier molecular flexibility index (Phi) is 5.61. The fourth-order valence-electron chi connectivity index (χ4n) is 1.72. The van der Waals surface area contributed by atoms with Crippen molar-refractivity contribution in [3.05, 3.63) is 0 Å². The minimum absolute atomic E-state index is 0.102. The van der Waals surface area contributed by atoms with Crippen LogP contribution in [-0.4, -0.2) is 41.8 Å². The van der Waals surface area contributed by atoms with Crippen LogP contribution in [0.4, 0.5) is 0 Å². The van der Waals surface area contributed by atoms with Crippen LogP contribution in [-0.2, 0) is 9.59 Å². The number of rotatable bonds is 5. The molecule has 0 bridgehead atoms. The topological polar surface area (TPSA) is 87.8 Å². The van der Waals surface area contributed by atoms with Crippen LogP contribution >= 0.6 is 0 Å². The number of carbonyl (C=O) groups is 2. The van der Waals surface area contributed by atoms with Crippen molar-refractivity contribution >= 4 is 17.8 Å². The summed E-state index contributed by atoms with van der Waals surface area (Å²) < 4.78 is 0. The van der Waals surface area contributed by atoms with Crippen LogP contribution < -0.4 is 11.1 Å². The summed E-state index contributed by atoms with van der Waals surface area (Å²) in [6.45, 7) is 4.74. The molecule has 6 nitrogen and oxygen atoms in total. The Bertz CT molecular complexity index is 325. The second-order valence-electron chi connectivity index (χ2n) is 4.51. The molecular weight excluding hydrogens is 232 g/mol. The summed E-state index contributed by atoms with van der Waals surface area (Å²) >= 11 is 0. The lowest BCUT2D eigenvalue weighted by molar-refractivity contribution is -0.147. The SMILES string of the molecule is CCC(C)NC(N)=NCCN1C(=O)CCCC1=O. The number of hydrogen-bond acceptors (Lipinski definition) is 3. The maximum Gasteiger partial charge on any atom is 0.229 e. The van der Waals surface area contributed by atoms with E-state index in [4.69, 9.17) is 5.73 Å². The zero-order chi connectivity index (χ0) is 13.5. The highest BCUT2D eigenvalue weighted by atomic mass is 16.2. The summed E-state index contributed by atoms with van der Waals surface area (Å²) in [4.78, 5) is 28.4. The molecule has 2 amide bonds. The number of hydrogen-bond donors (Lipinski definition) is 2. The van der Waals surface area contributed by atoms with Crippen molar-refractivity contribution in [3.8, 4) is 0 Å². The number of nitrogens with one attached hydrogen (secondary N) is 1. The Morgan fingerprint density at radius 3 is 2.61 bits per heavy atom. The lowest BCUT2D eigenvalue weighted by Gasteiger charge is -2.24. The van der Waals surface area contributed by atoms with E-state index >= 15 is 0 Å². The average molecular weight is 254 g/mol. The first-order valence-corrected chi connectivity index (χ1v) is 6.44. The van der Waals surface area contributed by atoms with Crippen LogP contribution in [0, 0.1) is 0 Å². The summed E-state index contributed by atoms with van der Waals surface area (Å²) in [5, 5.41) is 3.03. The van der Waals surface area contributed by atoms with Crippen molar-refractivity contribution in [1.82, 2.24) is 10.2 Å². The third-order valence-electron chi connectivity index (χ3n) is 3.00. The molecule has 0 aromatic rings. The highest BCUT2D eigenvalue weighted by molar-refractivity contribution is 5.97. The first-order valence-electron chi connectivity index (χ1n) is 6.44. The van der Waals surface area contributed by atoms with Crippen LogP contribution in [0.5, 0.6) is 0 Å². The fourth-order valence-corrected chi connectivity index (χ4v) is 1.72. The Balaban J connectivity index is 2.37. The molecule has 1 rings (SSSR count). The summed E-state index contributed by atoms with van der Waals surface area (Å²) in [6.07, 6.45) is 2.53. The Morgan fingerprint density at radius 1 is 1.44 bits per heavy atom. The van der Waals surface area contributed by atoms with Gasteiger partial charge in [-0.1, -0.05) is 6.92 Å². The molecule has 1 saturated heterocycles. The van der Waals surface area contributed by atoms with E-state index in [1.54, 1.807) is 0 Å². The van der Waals surface area contributed by atoms with Crippen LogP contribution in [0.15, 0.2) is 4.99 Å². The van der Waals surface area contributed by atoms with Crippen molar-refractivity contribution in [2.75, 3.05) is 13.1 Å². The summed E-state index contributed by atoms with van der Waals surface area (Å²) in [5.41, 5.74) is 5.69. The van der Waals surface area contributed by atoms with Gasteiger partial charge in [-0.25, -0.2) is 0 Å². The van der Waals surface area contributed by atoms with E-state index < -0.39 is 0 Å². The van der Waals surface area contributed by atoms with Crippen molar-refractivity contribution in [3.63, 3.8) is 0 Å². The van der Waals surface area contributed by atoms with Gasteiger partial charge in [0, 0.05) is 25.4 Å². The lowest BCUT2D eigenvalue weighted by atomic mass is 10.1. The predicted molar refractivity (Wildman–Crippen MR) is 69.9 cm³/mol. The third kappa shape index (κ3) is 4.35. The van der Waals surface area contributed by atoms with Crippen LogP contribution in [0.1, 0.15) is 39.5 Å². The molecule has 1 unspecified atom stereocenters. The van der Waals surface area contributed by atoms with Gasteiger partial charge in [-0.3, -0.25) is 19.5 Å². The number of piperidine rings is 1. The molecule has 0 aromatic carbocycles. The quantitative estimate of drug-likeness (QED) is 0.417. The normalized spacial score (nSPS) is 19.0. The molecule has 1 aliphatic rings. The highest BCUT2D eigenvalue weighted by Gasteiger charge is 2.24. The molecule has 0 aliphatic carbocycles. The lowest BCUT2D eigenvalue weighted by Crippen LogP contribution is -2.42. The van der Waals surface area contributed by atoms with E-state index in [0.29, 0.717) is 38.3 Å². The number of nitrogens with two attached hydrogens (primary N) is 1. The van der Waals surface area contributed by atoms with Crippen LogP contribution in [0.25, 0.3) is 0 Å². The van der Waals surface area contributed by atoms with Crippen LogP contribution in [0.3, 0.4) is 0 Å². The van der Waals surface area contributed by atoms with Gasteiger partial charge >= 0.3 is 0 Å². The molecule has 102 valence electrons. The molecule has 1 heterocycles. The number of amides is 2. The van der Waals surface area contributed by atoms with Gasteiger partial charge in [0.05, 0.1) is 6.54 Å². The Labute approximate surface area is 108 Å². The Morgan fingerprint density at radius 2 is 2.06 bits per heavy atom. The van der Waals surface area contributed by atoms with Gasteiger partial charge in [0.2, 0.25) is 11.8 Å². The molecule has 3 N–H and O–H groups in total. The summed E-state index contributed by atoms with van der Waals surface area (Å²) in [6, 6.07) is 0.270. The van der Waals surface area contributed by atoms with Gasteiger partial charge < -0.3 is 11.1 Å². The maximum absolute atomic E-state index is 11.5. The van der Waals surface area contributed by atoms with Gasteiger partial charge in [-0.15, -0.1) is 0 Å². The molecule has 1 atom stereocenters. The van der Waals surface area contributed by atoms with Gasteiger partial charge in [-0.2, -0.15) is 0 Å².